The van der Waals surface area contributed by atoms with Crippen LogP contribution >= 0.6 is 22.6 Å². The standard InChI is InChI=1S/C14H11N3O.C11H8INO.C4H5B2N2O3.2C2H6.CH4/c18-14-7-6-11(12-8-15-16-9-12)10-17(14)13-4-2-1-3-5-13;12-9-6-7-11(14)13(8-9)10-4-2-1-3-5-10;9-3-5-8-2-4(1-7-8)6(10)11;2*1-2;/h1-10H,(H,15,16);1-8H;1-3,10-11H;2*1-2H3;1H4. The lowest BCUT2D eigenvalue weighted by atomic mass is 9.83. The van der Waals surface area contributed by atoms with Gasteiger partial charge in [-0.05, 0) is 59.0 Å². The van der Waals surface area contributed by atoms with Gasteiger partial charge >= 0.3 is 14.5 Å². The molecule has 0 aliphatic heterocycles. The Bertz CT molecular complexity index is 1860. The zero-order valence-electron chi connectivity index (χ0n) is 26.5. The second-order valence-corrected chi connectivity index (χ2v) is 10.00. The number of nitrogens with one attached hydrogen (secondary N) is 1. The van der Waals surface area contributed by atoms with Crippen LogP contribution in [0.5, 0.6) is 0 Å². The van der Waals surface area contributed by atoms with Gasteiger partial charge in [-0.3, -0.25) is 23.8 Å². The first-order chi connectivity index (χ1) is 22.9. The summed E-state index contributed by atoms with van der Waals surface area (Å²) in [5.41, 5.74) is 3.86. The van der Waals surface area contributed by atoms with Crippen molar-refractivity contribution in [3.8, 4) is 22.5 Å². The van der Waals surface area contributed by atoms with Gasteiger partial charge in [0.1, 0.15) is 6.19 Å². The van der Waals surface area contributed by atoms with Crippen molar-refractivity contribution in [2.24, 2.45) is 0 Å². The minimum absolute atomic E-state index is 0. The summed E-state index contributed by atoms with van der Waals surface area (Å²) in [7, 11) is -0.380. The maximum absolute atomic E-state index is 11.9. The van der Waals surface area contributed by atoms with E-state index in [-0.39, 0.29) is 24.0 Å². The molecule has 11 nitrogen and oxygen atoms in total. The Balaban J connectivity index is 0.000000348. The molecule has 0 spiro atoms. The van der Waals surface area contributed by atoms with Crippen LogP contribution in [0.25, 0.3) is 22.5 Å². The first-order valence-corrected chi connectivity index (χ1v) is 15.8. The number of H-pyrrole nitrogens is 1. The number of carbonyl (C=O) groups is 1. The van der Waals surface area contributed by atoms with Crippen LogP contribution in [0.4, 0.5) is 0 Å². The molecule has 0 unspecified atom stereocenters. The summed E-state index contributed by atoms with van der Waals surface area (Å²) in [5.74, 6) is 0. The zero-order valence-corrected chi connectivity index (χ0v) is 28.7. The van der Waals surface area contributed by atoms with E-state index in [1.165, 1.54) is 17.0 Å². The Labute approximate surface area is 295 Å². The molecule has 0 aliphatic rings. The molecule has 0 amide bonds. The fraction of sp³-hybridized carbons (Fsp3) is 0.147. The molecule has 4 aromatic heterocycles. The summed E-state index contributed by atoms with van der Waals surface area (Å²) < 4.78 is 5.51. The highest BCUT2D eigenvalue weighted by atomic mass is 127. The number of nitrogens with zero attached hydrogens (tertiary/aromatic N) is 5. The van der Waals surface area contributed by atoms with Gasteiger partial charge in [0.15, 0.2) is 0 Å². The van der Waals surface area contributed by atoms with Crippen LogP contribution in [-0.4, -0.2) is 59.8 Å². The Morgan fingerprint density at radius 2 is 1.29 bits per heavy atom. The van der Waals surface area contributed by atoms with Crippen molar-refractivity contribution in [2.75, 3.05) is 0 Å². The average molecular weight is 761 g/mol. The third-order valence-corrected chi connectivity index (χ3v) is 6.46. The molecule has 3 N–H and O–H groups in total. The fourth-order valence-corrected chi connectivity index (χ4v) is 4.20. The van der Waals surface area contributed by atoms with Crippen LogP contribution in [0.2, 0.25) is 0 Å². The minimum atomic E-state index is -1.54. The van der Waals surface area contributed by atoms with E-state index in [1.54, 1.807) is 39.7 Å². The van der Waals surface area contributed by atoms with Crippen LogP contribution in [-0.2, 0) is 4.79 Å². The summed E-state index contributed by atoms with van der Waals surface area (Å²) in [6, 6.07) is 25.9. The maximum Gasteiger partial charge on any atom is 0.491 e. The number of para-hydroxylation sites is 2. The number of benzene rings is 2. The molecule has 0 aliphatic carbocycles. The smallest absolute Gasteiger partial charge is 0.423 e. The van der Waals surface area contributed by atoms with E-state index in [4.69, 9.17) is 10.0 Å². The van der Waals surface area contributed by atoms with Crippen molar-refractivity contribution in [3.05, 3.63) is 146 Å². The summed E-state index contributed by atoms with van der Waals surface area (Å²) in [6.45, 7) is 8.00. The number of halogens is 1. The normalized spacial score (nSPS) is 9.23. The largest absolute Gasteiger partial charge is 0.491 e. The van der Waals surface area contributed by atoms with Gasteiger partial charge in [-0.1, -0.05) is 71.5 Å². The van der Waals surface area contributed by atoms with Crippen molar-refractivity contribution in [2.45, 2.75) is 35.1 Å². The average Bonchev–Trinajstić information content (AvgIpc) is 3.83. The molecule has 1 radical (unpaired) electrons. The van der Waals surface area contributed by atoms with Gasteiger partial charge in [-0.25, -0.2) is 0 Å². The summed E-state index contributed by atoms with van der Waals surface area (Å²) in [4.78, 5) is 33.3. The van der Waals surface area contributed by atoms with Crippen LogP contribution in [0, 0.1) is 3.57 Å². The van der Waals surface area contributed by atoms with Gasteiger partial charge in [0.25, 0.3) is 11.1 Å². The summed E-state index contributed by atoms with van der Waals surface area (Å²) in [5, 5.41) is 27.5. The summed E-state index contributed by atoms with van der Waals surface area (Å²) in [6.07, 6.45) is 10.4. The molecule has 4 heterocycles. The third kappa shape index (κ3) is 12.8. The SMILES string of the molecule is C.CC.CC.O=C[B]n1cc(B(O)O)cn1.O=c1ccc(-c2cn[nH]c2)cn1-c1ccccc1.O=c1ccc(I)cn1-c1ccccc1. The molecular formula is C34H40B2IN6O5. The Morgan fingerprint density at radius 1 is 0.750 bits per heavy atom. The number of carbonyl (C=O) groups excluding carboxylic acids is 1. The predicted molar refractivity (Wildman–Crippen MR) is 204 cm³/mol. The van der Waals surface area contributed by atoms with Crippen molar-refractivity contribution in [1.82, 2.24) is 29.0 Å². The highest BCUT2D eigenvalue weighted by Crippen LogP contribution is 2.17. The van der Waals surface area contributed by atoms with Crippen molar-refractivity contribution >= 4 is 48.8 Å². The maximum atomic E-state index is 11.9. The van der Waals surface area contributed by atoms with Crippen molar-refractivity contribution in [3.63, 3.8) is 0 Å². The van der Waals surface area contributed by atoms with Crippen LogP contribution in [0.3, 0.4) is 0 Å². The Morgan fingerprint density at radius 3 is 1.77 bits per heavy atom. The van der Waals surface area contributed by atoms with Gasteiger partial charge in [0, 0.05) is 74.7 Å². The number of rotatable bonds is 6. The van der Waals surface area contributed by atoms with E-state index in [2.05, 4.69) is 37.9 Å². The van der Waals surface area contributed by atoms with E-state index in [0.717, 1.165) is 33.5 Å². The minimum Gasteiger partial charge on any atom is -0.423 e. The molecule has 2 aromatic carbocycles. The molecular weight excluding hydrogens is 721 g/mol. The molecule has 14 heteroatoms. The number of pyridine rings is 2. The zero-order chi connectivity index (χ0) is 34.6. The van der Waals surface area contributed by atoms with Gasteiger partial charge in [-0.15, -0.1) is 0 Å². The van der Waals surface area contributed by atoms with Gasteiger partial charge < -0.3 is 19.4 Å². The van der Waals surface area contributed by atoms with E-state index in [1.807, 2.05) is 107 Å². The molecule has 48 heavy (non-hydrogen) atoms. The summed E-state index contributed by atoms with van der Waals surface area (Å²) >= 11 is 2.19. The lowest BCUT2D eigenvalue weighted by Crippen LogP contribution is -2.28. The van der Waals surface area contributed by atoms with Crippen LogP contribution in [0.15, 0.2) is 132 Å². The molecule has 0 saturated carbocycles. The second kappa shape index (κ2) is 22.7. The second-order valence-electron chi connectivity index (χ2n) is 8.75. The highest BCUT2D eigenvalue weighted by Gasteiger charge is 2.12. The van der Waals surface area contributed by atoms with Crippen LogP contribution < -0.4 is 16.6 Å². The van der Waals surface area contributed by atoms with Crippen LogP contribution in [0.1, 0.15) is 35.1 Å². The molecule has 6 rings (SSSR count). The van der Waals surface area contributed by atoms with E-state index >= 15 is 0 Å². The fourth-order valence-electron chi connectivity index (χ4n) is 3.74. The van der Waals surface area contributed by atoms with E-state index < -0.39 is 7.12 Å². The van der Waals surface area contributed by atoms with E-state index in [0.29, 0.717) is 6.19 Å². The number of hydrogen-bond donors (Lipinski definition) is 3. The van der Waals surface area contributed by atoms with Crippen molar-refractivity contribution < 1.29 is 14.8 Å². The lowest BCUT2D eigenvalue weighted by Gasteiger charge is -2.06. The first-order valence-electron chi connectivity index (χ1n) is 14.8. The van der Waals surface area contributed by atoms with E-state index in [9.17, 15) is 14.4 Å². The third-order valence-electron chi connectivity index (χ3n) is 5.82. The van der Waals surface area contributed by atoms with Crippen molar-refractivity contribution in [1.29, 1.82) is 0 Å². The Hall–Kier alpha value is -4.79. The predicted octanol–water partition coefficient (Wildman–Crippen LogP) is 4.58. The van der Waals surface area contributed by atoms with Gasteiger partial charge in [0.2, 0.25) is 0 Å². The number of aromatic nitrogens is 6. The van der Waals surface area contributed by atoms with Gasteiger partial charge in [0.05, 0.1) is 6.20 Å². The molecule has 0 bridgehead atoms. The molecule has 249 valence electrons. The Kier molecular flexibility index (Phi) is 19.5. The lowest BCUT2D eigenvalue weighted by molar-refractivity contribution is 0.426. The molecule has 6 aromatic rings. The molecule has 0 atom stereocenters. The number of hydrogen-bond acceptors (Lipinski definition) is 7. The molecule has 0 fully saturated rings. The monoisotopic (exact) mass is 761 g/mol. The number of aromatic amines is 1. The highest BCUT2D eigenvalue weighted by molar-refractivity contribution is 14.1. The van der Waals surface area contributed by atoms with Gasteiger partial charge in [-0.2, -0.15) is 10.2 Å². The first kappa shape index (κ1) is 41.2. The molecule has 0 saturated heterocycles. The topological polar surface area (TPSA) is 148 Å². The quantitative estimate of drug-likeness (QED) is 0.128.